The molecule has 0 aliphatic rings. The number of phenolic OH excluding ortho intramolecular Hbond substituents is 2. The highest BCUT2D eigenvalue weighted by molar-refractivity contribution is 6.24. The maximum Gasteiger partial charge on any atom is 0.119 e. The first-order chi connectivity index (χ1) is 9.15. The lowest BCUT2D eigenvalue weighted by molar-refractivity contribution is 0.472. The maximum atomic E-state index is 9.99. The monoisotopic (exact) mass is 248 g/mol. The van der Waals surface area contributed by atoms with Gasteiger partial charge >= 0.3 is 0 Å². The van der Waals surface area contributed by atoms with Crippen molar-refractivity contribution >= 4 is 32.3 Å². The van der Waals surface area contributed by atoms with Gasteiger partial charge in [0.15, 0.2) is 0 Å². The van der Waals surface area contributed by atoms with Crippen LogP contribution in [0, 0.1) is 6.92 Å². The molecule has 0 saturated heterocycles. The average molecular weight is 248 g/mol. The highest BCUT2D eigenvalue weighted by atomic mass is 16.3. The molecule has 0 radical (unpaired) electrons. The van der Waals surface area contributed by atoms with E-state index in [0.717, 1.165) is 37.9 Å². The number of aromatic hydroxyl groups is 2. The maximum absolute atomic E-state index is 9.99. The van der Waals surface area contributed by atoms with Crippen LogP contribution >= 0.6 is 0 Å². The molecule has 0 atom stereocenters. The van der Waals surface area contributed by atoms with Gasteiger partial charge in [-0.3, -0.25) is 0 Å². The van der Waals surface area contributed by atoms with Crippen molar-refractivity contribution in [2.75, 3.05) is 0 Å². The molecule has 4 rings (SSSR count). The Kier molecular flexibility index (Phi) is 1.81. The molecular weight excluding hydrogens is 236 g/mol. The summed E-state index contributed by atoms with van der Waals surface area (Å²) >= 11 is 0. The summed E-state index contributed by atoms with van der Waals surface area (Å²) in [6.45, 7) is 1.93. The van der Waals surface area contributed by atoms with Crippen LogP contribution in [-0.2, 0) is 0 Å². The molecule has 0 unspecified atom stereocenters. The number of hydrogen-bond donors (Lipinski definition) is 2. The van der Waals surface area contributed by atoms with Crippen molar-refractivity contribution in [2.45, 2.75) is 6.92 Å². The van der Waals surface area contributed by atoms with E-state index >= 15 is 0 Å². The summed E-state index contributed by atoms with van der Waals surface area (Å²) in [4.78, 5) is 0. The summed E-state index contributed by atoms with van der Waals surface area (Å²) in [7, 11) is 0. The zero-order valence-electron chi connectivity index (χ0n) is 10.4. The minimum atomic E-state index is 0.283. The molecule has 19 heavy (non-hydrogen) atoms. The van der Waals surface area contributed by atoms with Crippen LogP contribution in [0.1, 0.15) is 5.56 Å². The van der Waals surface area contributed by atoms with Gasteiger partial charge in [-0.1, -0.05) is 24.3 Å². The van der Waals surface area contributed by atoms with Crippen LogP contribution in [0.15, 0.2) is 42.5 Å². The fraction of sp³-hybridized carbons (Fsp3) is 0.0588. The first kappa shape index (κ1) is 10.4. The number of hydrogen-bond acceptors (Lipinski definition) is 2. The standard InChI is InChI=1S/C17H12O2/c1-9-14-5-4-11-7-13(18)6-10-2-3-12(8-15(9)19)17(14)16(10)11/h2-8,18-19H,1H3. The molecule has 0 heterocycles. The van der Waals surface area contributed by atoms with Crippen molar-refractivity contribution in [3.63, 3.8) is 0 Å². The van der Waals surface area contributed by atoms with Crippen LogP contribution in [0.2, 0.25) is 0 Å². The molecule has 0 aliphatic heterocycles. The minimum absolute atomic E-state index is 0.283. The fourth-order valence-corrected chi connectivity index (χ4v) is 3.00. The topological polar surface area (TPSA) is 40.5 Å². The summed E-state index contributed by atoms with van der Waals surface area (Å²) < 4.78 is 0. The molecule has 0 fully saturated rings. The molecule has 0 saturated carbocycles. The van der Waals surface area contributed by atoms with E-state index in [1.54, 1.807) is 12.1 Å². The van der Waals surface area contributed by atoms with Crippen molar-refractivity contribution in [2.24, 2.45) is 0 Å². The molecule has 2 N–H and O–H groups in total. The Bertz CT molecular complexity index is 920. The lowest BCUT2D eigenvalue weighted by atomic mass is 9.92. The average Bonchev–Trinajstić information content (AvgIpc) is 2.39. The van der Waals surface area contributed by atoms with Crippen LogP contribution in [0.4, 0.5) is 0 Å². The minimum Gasteiger partial charge on any atom is -0.508 e. The van der Waals surface area contributed by atoms with E-state index in [1.165, 1.54) is 0 Å². The second-order valence-electron chi connectivity index (χ2n) is 5.06. The summed E-state index contributed by atoms with van der Waals surface area (Å²) in [6, 6.07) is 13.4. The Balaban J connectivity index is 2.41. The predicted molar refractivity (Wildman–Crippen MR) is 78.2 cm³/mol. The second-order valence-corrected chi connectivity index (χ2v) is 5.06. The van der Waals surface area contributed by atoms with Crippen LogP contribution in [-0.4, -0.2) is 10.2 Å². The molecule has 0 aliphatic carbocycles. The van der Waals surface area contributed by atoms with Crippen molar-refractivity contribution in [1.29, 1.82) is 0 Å². The Morgan fingerprint density at radius 1 is 0.737 bits per heavy atom. The zero-order chi connectivity index (χ0) is 13.1. The van der Waals surface area contributed by atoms with Gasteiger partial charge in [-0.2, -0.15) is 0 Å². The van der Waals surface area contributed by atoms with Crippen molar-refractivity contribution in [1.82, 2.24) is 0 Å². The molecular formula is C17H12O2. The smallest absolute Gasteiger partial charge is 0.119 e. The van der Waals surface area contributed by atoms with Crippen LogP contribution in [0.5, 0.6) is 11.5 Å². The van der Waals surface area contributed by atoms with Gasteiger partial charge in [-0.25, -0.2) is 0 Å². The van der Waals surface area contributed by atoms with E-state index in [0.29, 0.717) is 5.75 Å². The normalized spacial score (nSPS) is 11.8. The van der Waals surface area contributed by atoms with Gasteiger partial charge in [0.05, 0.1) is 0 Å². The SMILES string of the molecule is Cc1c(O)cc2ccc3cc(O)cc4ccc1c2c34. The number of rotatable bonds is 0. The first-order valence-electron chi connectivity index (χ1n) is 6.25. The van der Waals surface area contributed by atoms with E-state index in [4.69, 9.17) is 0 Å². The first-order valence-corrected chi connectivity index (χ1v) is 6.25. The third kappa shape index (κ3) is 1.26. The molecule has 2 heteroatoms. The third-order valence-electron chi connectivity index (χ3n) is 3.94. The van der Waals surface area contributed by atoms with Crippen LogP contribution in [0.3, 0.4) is 0 Å². The number of aryl methyl sites for hydroxylation is 1. The van der Waals surface area contributed by atoms with Gasteiger partial charge < -0.3 is 10.2 Å². The molecule has 0 amide bonds. The lowest BCUT2D eigenvalue weighted by Crippen LogP contribution is -1.87. The highest BCUT2D eigenvalue weighted by Gasteiger charge is 2.12. The molecule has 0 aromatic heterocycles. The van der Waals surface area contributed by atoms with Crippen LogP contribution in [0.25, 0.3) is 32.3 Å². The third-order valence-corrected chi connectivity index (χ3v) is 3.94. The number of phenols is 2. The summed E-state index contributed by atoms with van der Waals surface area (Å²) in [6.07, 6.45) is 0. The lowest BCUT2D eigenvalue weighted by Gasteiger charge is -2.13. The molecule has 0 bridgehead atoms. The Hall–Kier alpha value is -2.48. The molecule has 4 aromatic rings. The van der Waals surface area contributed by atoms with E-state index in [-0.39, 0.29) is 5.75 Å². The van der Waals surface area contributed by atoms with E-state index in [9.17, 15) is 10.2 Å². The van der Waals surface area contributed by atoms with Gasteiger partial charge in [0.2, 0.25) is 0 Å². The van der Waals surface area contributed by atoms with E-state index in [1.807, 2.05) is 37.3 Å². The summed E-state index contributed by atoms with van der Waals surface area (Å²) in [5, 5.41) is 26.2. The van der Waals surface area contributed by atoms with Gasteiger partial charge in [-0.15, -0.1) is 0 Å². The second kappa shape index (κ2) is 3.29. The van der Waals surface area contributed by atoms with E-state index < -0.39 is 0 Å². The van der Waals surface area contributed by atoms with Crippen molar-refractivity contribution < 1.29 is 10.2 Å². The highest BCUT2D eigenvalue weighted by Crippen LogP contribution is 2.40. The molecule has 4 aromatic carbocycles. The van der Waals surface area contributed by atoms with Gasteiger partial charge in [0, 0.05) is 0 Å². The molecule has 2 nitrogen and oxygen atoms in total. The largest absolute Gasteiger partial charge is 0.508 e. The number of benzene rings is 4. The Morgan fingerprint density at radius 3 is 2.00 bits per heavy atom. The van der Waals surface area contributed by atoms with Gasteiger partial charge in [0.1, 0.15) is 11.5 Å². The summed E-state index contributed by atoms with van der Waals surface area (Å²) in [5.41, 5.74) is 0.898. The van der Waals surface area contributed by atoms with E-state index in [2.05, 4.69) is 0 Å². The van der Waals surface area contributed by atoms with Crippen molar-refractivity contribution in [3.8, 4) is 11.5 Å². The fourth-order valence-electron chi connectivity index (χ4n) is 3.00. The Morgan fingerprint density at radius 2 is 1.32 bits per heavy atom. The van der Waals surface area contributed by atoms with Gasteiger partial charge in [-0.05, 0) is 63.0 Å². The zero-order valence-corrected chi connectivity index (χ0v) is 10.4. The van der Waals surface area contributed by atoms with Gasteiger partial charge in [0.25, 0.3) is 0 Å². The summed E-state index contributed by atoms with van der Waals surface area (Å²) in [5.74, 6) is 0.610. The van der Waals surface area contributed by atoms with Crippen molar-refractivity contribution in [3.05, 3.63) is 48.0 Å². The molecule has 0 spiro atoms. The quantitative estimate of drug-likeness (QED) is 0.455. The Labute approximate surface area is 109 Å². The van der Waals surface area contributed by atoms with Crippen LogP contribution < -0.4 is 0 Å². The predicted octanol–water partition coefficient (Wildman–Crippen LogP) is 4.30. The molecule has 92 valence electrons.